The number of β-amino-alcohol motifs (C(OH)–C–C–N with tert-alkyl or cyclic N) is 1. The van der Waals surface area contributed by atoms with Gasteiger partial charge in [-0.3, -0.25) is 4.90 Å². The van der Waals surface area contributed by atoms with Crippen LogP contribution in [0.5, 0.6) is 0 Å². The van der Waals surface area contributed by atoms with E-state index in [2.05, 4.69) is 35.2 Å². The van der Waals surface area contributed by atoms with Crippen molar-refractivity contribution in [3.63, 3.8) is 0 Å². The third-order valence-corrected chi connectivity index (χ3v) is 4.69. The van der Waals surface area contributed by atoms with Gasteiger partial charge in [-0.05, 0) is 48.9 Å². The van der Waals surface area contributed by atoms with Crippen molar-refractivity contribution in [3.8, 4) is 0 Å². The minimum absolute atomic E-state index is 0.402. The van der Waals surface area contributed by atoms with Gasteiger partial charge in [-0.15, -0.1) is 0 Å². The van der Waals surface area contributed by atoms with Gasteiger partial charge in [-0.2, -0.15) is 0 Å². The highest BCUT2D eigenvalue weighted by Gasteiger charge is 2.23. The molecule has 2 aromatic carbocycles. The summed E-state index contributed by atoms with van der Waals surface area (Å²) in [5.41, 5.74) is 4.18. The predicted molar refractivity (Wildman–Crippen MR) is 96.6 cm³/mol. The molecule has 3 nitrogen and oxygen atoms in total. The molecule has 1 heterocycles. The summed E-state index contributed by atoms with van der Waals surface area (Å²) in [7, 11) is 0. The van der Waals surface area contributed by atoms with Crippen molar-refractivity contribution in [1.82, 2.24) is 4.90 Å². The maximum atomic E-state index is 10.3. The fourth-order valence-electron chi connectivity index (χ4n) is 3.29. The number of fused-ring (bicyclic) bond motifs is 1. The SMILES string of the molecule is CC(C)(O)CCc1ccc(CN2Cc3ccccc3C(O)C2)cc1. The van der Waals surface area contributed by atoms with Crippen LogP contribution in [0.15, 0.2) is 48.5 Å². The maximum absolute atomic E-state index is 10.3. The molecule has 24 heavy (non-hydrogen) atoms. The van der Waals surface area contributed by atoms with E-state index in [1.807, 2.05) is 32.0 Å². The molecule has 0 spiro atoms. The molecule has 2 N–H and O–H groups in total. The van der Waals surface area contributed by atoms with Crippen molar-refractivity contribution >= 4 is 0 Å². The monoisotopic (exact) mass is 325 g/mol. The summed E-state index contributed by atoms with van der Waals surface area (Å²) in [6.45, 7) is 6.10. The quantitative estimate of drug-likeness (QED) is 0.885. The molecule has 0 radical (unpaired) electrons. The van der Waals surface area contributed by atoms with Gasteiger partial charge < -0.3 is 10.2 Å². The molecule has 0 aromatic heterocycles. The maximum Gasteiger partial charge on any atom is 0.0920 e. The number of aliphatic hydroxyl groups is 2. The lowest BCUT2D eigenvalue weighted by Crippen LogP contribution is -2.33. The van der Waals surface area contributed by atoms with E-state index >= 15 is 0 Å². The lowest BCUT2D eigenvalue weighted by atomic mass is 9.96. The fourth-order valence-corrected chi connectivity index (χ4v) is 3.29. The van der Waals surface area contributed by atoms with Crippen LogP contribution >= 0.6 is 0 Å². The van der Waals surface area contributed by atoms with Crippen LogP contribution < -0.4 is 0 Å². The van der Waals surface area contributed by atoms with Gasteiger partial charge in [0.1, 0.15) is 0 Å². The Hall–Kier alpha value is -1.68. The second-order valence-corrected chi connectivity index (χ2v) is 7.51. The summed E-state index contributed by atoms with van der Waals surface area (Å²) in [6.07, 6.45) is 1.25. The zero-order valence-corrected chi connectivity index (χ0v) is 14.6. The van der Waals surface area contributed by atoms with Crippen molar-refractivity contribution in [2.75, 3.05) is 6.54 Å². The summed E-state index contributed by atoms with van der Waals surface area (Å²) < 4.78 is 0. The second-order valence-electron chi connectivity index (χ2n) is 7.51. The molecule has 0 saturated carbocycles. The van der Waals surface area contributed by atoms with Crippen LogP contribution in [0.25, 0.3) is 0 Å². The Morgan fingerprint density at radius 1 is 1.04 bits per heavy atom. The Morgan fingerprint density at radius 3 is 2.42 bits per heavy atom. The number of rotatable bonds is 5. The van der Waals surface area contributed by atoms with E-state index in [-0.39, 0.29) is 0 Å². The molecule has 3 heteroatoms. The van der Waals surface area contributed by atoms with Crippen LogP contribution in [-0.2, 0) is 19.5 Å². The zero-order chi connectivity index (χ0) is 17.2. The van der Waals surface area contributed by atoms with Gasteiger partial charge in [0.05, 0.1) is 11.7 Å². The molecule has 0 bridgehead atoms. The normalized spacial score (nSPS) is 18.4. The highest BCUT2D eigenvalue weighted by Crippen LogP contribution is 2.27. The van der Waals surface area contributed by atoms with Crippen LogP contribution in [0.2, 0.25) is 0 Å². The molecule has 0 fully saturated rings. The second kappa shape index (κ2) is 7.06. The minimum Gasteiger partial charge on any atom is -0.390 e. The molecular formula is C21H27NO2. The van der Waals surface area contributed by atoms with E-state index in [1.165, 1.54) is 16.7 Å². The third-order valence-electron chi connectivity index (χ3n) is 4.69. The van der Waals surface area contributed by atoms with Crippen molar-refractivity contribution in [2.24, 2.45) is 0 Å². The lowest BCUT2D eigenvalue weighted by Gasteiger charge is -2.32. The van der Waals surface area contributed by atoms with Crippen molar-refractivity contribution in [1.29, 1.82) is 0 Å². The Bertz CT molecular complexity index is 673. The average Bonchev–Trinajstić information content (AvgIpc) is 2.54. The van der Waals surface area contributed by atoms with E-state index in [0.717, 1.165) is 31.5 Å². The fraction of sp³-hybridized carbons (Fsp3) is 0.429. The first-order valence-corrected chi connectivity index (χ1v) is 8.69. The van der Waals surface area contributed by atoms with Gasteiger partial charge in [-0.25, -0.2) is 0 Å². The molecular weight excluding hydrogens is 298 g/mol. The van der Waals surface area contributed by atoms with E-state index in [1.54, 1.807) is 0 Å². The Morgan fingerprint density at radius 2 is 1.71 bits per heavy atom. The summed E-state index contributed by atoms with van der Waals surface area (Å²) >= 11 is 0. The molecule has 1 unspecified atom stereocenters. The van der Waals surface area contributed by atoms with Gasteiger partial charge in [-0.1, -0.05) is 48.5 Å². The molecule has 1 atom stereocenters. The standard InChI is InChI=1S/C21H27NO2/c1-21(2,24)12-11-16-7-9-17(10-8-16)13-22-14-18-5-3-4-6-19(18)20(23)15-22/h3-10,20,23-24H,11-15H2,1-2H3. The van der Waals surface area contributed by atoms with E-state index in [4.69, 9.17) is 0 Å². The molecule has 2 aromatic rings. The summed E-state index contributed by atoms with van der Waals surface area (Å²) in [4.78, 5) is 2.29. The molecule has 0 amide bonds. The summed E-state index contributed by atoms with van der Waals surface area (Å²) in [6, 6.07) is 16.8. The highest BCUT2D eigenvalue weighted by atomic mass is 16.3. The van der Waals surface area contributed by atoms with Gasteiger partial charge in [0.15, 0.2) is 0 Å². The average molecular weight is 325 g/mol. The number of aryl methyl sites for hydroxylation is 1. The topological polar surface area (TPSA) is 43.7 Å². The molecule has 1 aliphatic rings. The van der Waals surface area contributed by atoms with E-state index in [9.17, 15) is 10.2 Å². The first-order valence-electron chi connectivity index (χ1n) is 8.69. The summed E-state index contributed by atoms with van der Waals surface area (Å²) in [5.74, 6) is 0. The van der Waals surface area contributed by atoms with Gasteiger partial charge in [0.2, 0.25) is 0 Å². The van der Waals surface area contributed by atoms with Crippen LogP contribution in [0.3, 0.4) is 0 Å². The number of nitrogens with zero attached hydrogens (tertiary/aromatic N) is 1. The highest BCUT2D eigenvalue weighted by molar-refractivity contribution is 5.31. The molecule has 0 aliphatic carbocycles. The third kappa shape index (κ3) is 4.44. The Balaban J connectivity index is 1.61. The number of benzene rings is 2. The largest absolute Gasteiger partial charge is 0.390 e. The lowest BCUT2D eigenvalue weighted by molar-refractivity contribution is 0.0714. The summed E-state index contributed by atoms with van der Waals surface area (Å²) in [5, 5.41) is 20.2. The molecule has 1 aliphatic heterocycles. The Labute approximate surface area is 144 Å². The van der Waals surface area contributed by atoms with Crippen LogP contribution in [-0.4, -0.2) is 27.3 Å². The first-order chi connectivity index (χ1) is 11.4. The van der Waals surface area contributed by atoms with Gasteiger partial charge in [0.25, 0.3) is 0 Å². The smallest absolute Gasteiger partial charge is 0.0920 e. The minimum atomic E-state index is -0.615. The Kier molecular flexibility index (Phi) is 5.04. The van der Waals surface area contributed by atoms with Crippen LogP contribution in [0, 0.1) is 0 Å². The van der Waals surface area contributed by atoms with Gasteiger partial charge in [0, 0.05) is 19.6 Å². The van der Waals surface area contributed by atoms with Crippen LogP contribution in [0.4, 0.5) is 0 Å². The number of hydrogen-bond donors (Lipinski definition) is 2. The molecule has 3 rings (SSSR count). The van der Waals surface area contributed by atoms with Gasteiger partial charge >= 0.3 is 0 Å². The number of aliphatic hydroxyl groups excluding tert-OH is 1. The molecule has 128 valence electrons. The van der Waals surface area contributed by atoms with Crippen molar-refractivity contribution in [3.05, 3.63) is 70.8 Å². The van der Waals surface area contributed by atoms with E-state index < -0.39 is 11.7 Å². The van der Waals surface area contributed by atoms with E-state index in [0.29, 0.717) is 6.54 Å². The molecule has 0 saturated heterocycles. The van der Waals surface area contributed by atoms with Crippen molar-refractivity contribution in [2.45, 2.75) is 51.5 Å². The number of hydrogen-bond acceptors (Lipinski definition) is 3. The zero-order valence-electron chi connectivity index (χ0n) is 14.6. The predicted octanol–water partition coefficient (Wildman–Crippen LogP) is 3.44. The van der Waals surface area contributed by atoms with Crippen molar-refractivity contribution < 1.29 is 10.2 Å². The van der Waals surface area contributed by atoms with Crippen LogP contribution in [0.1, 0.15) is 48.6 Å². The first kappa shape index (κ1) is 17.2.